The van der Waals surface area contributed by atoms with Crippen molar-refractivity contribution in [2.45, 2.75) is 19.4 Å². The van der Waals surface area contributed by atoms with Crippen LogP contribution in [0.25, 0.3) is 0 Å². The maximum atomic E-state index is 13.0. The Hall–Kier alpha value is -4.46. The summed E-state index contributed by atoms with van der Waals surface area (Å²) in [6.07, 6.45) is 0.327. The Morgan fingerprint density at radius 3 is 2.27 bits per heavy atom. The molecular formula is C23H20N2O11S. The van der Waals surface area contributed by atoms with Crippen molar-refractivity contribution in [1.29, 1.82) is 0 Å². The lowest BCUT2D eigenvalue weighted by molar-refractivity contribution is -0.385. The largest absolute Gasteiger partial charge is 0.456 e. The van der Waals surface area contributed by atoms with E-state index < -0.39 is 80.4 Å². The molecule has 3 rings (SSSR count). The second-order valence-corrected chi connectivity index (χ2v) is 10.3. The minimum atomic E-state index is -3.66. The highest BCUT2D eigenvalue weighted by molar-refractivity contribution is 7.90. The number of amides is 2. The lowest BCUT2D eigenvalue weighted by Crippen LogP contribution is -2.47. The first-order chi connectivity index (χ1) is 17.3. The van der Waals surface area contributed by atoms with Gasteiger partial charge in [0.1, 0.15) is 27.2 Å². The molecule has 0 fully saturated rings. The standard InChI is InChI=1S/C23H20N2O11S/c1-13(26)36-15-8-6-14(7-9-15)19(27)12-35-23(30)18(10-11-37(2,33)34)24-21(28)16-4-3-5-17(25(31)32)20(16)22(24)29/h3-9,18H,10-12H2,1-2H3/t18-/m1/s1. The molecule has 194 valence electrons. The fraction of sp³-hybridized carbons (Fsp3) is 0.261. The number of nitro benzene ring substituents is 1. The number of imide groups is 1. The van der Waals surface area contributed by atoms with Crippen LogP contribution in [-0.4, -0.2) is 72.4 Å². The zero-order chi connectivity index (χ0) is 27.5. The maximum absolute atomic E-state index is 13.0. The molecule has 2 aromatic carbocycles. The van der Waals surface area contributed by atoms with Gasteiger partial charge in [0.15, 0.2) is 12.4 Å². The van der Waals surface area contributed by atoms with Crippen molar-refractivity contribution in [3.8, 4) is 5.75 Å². The highest BCUT2D eigenvalue weighted by atomic mass is 32.2. The Bertz CT molecular complexity index is 1410. The van der Waals surface area contributed by atoms with E-state index in [0.29, 0.717) is 4.90 Å². The quantitative estimate of drug-likeness (QED) is 0.107. The van der Waals surface area contributed by atoms with Gasteiger partial charge < -0.3 is 9.47 Å². The van der Waals surface area contributed by atoms with E-state index in [9.17, 15) is 42.5 Å². The first-order valence-corrected chi connectivity index (χ1v) is 12.7. The molecule has 1 atom stereocenters. The zero-order valence-electron chi connectivity index (χ0n) is 19.5. The van der Waals surface area contributed by atoms with Crippen LogP contribution in [0.1, 0.15) is 44.4 Å². The van der Waals surface area contributed by atoms with Crippen molar-refractivity contribution in [3.63, 3.8) is 0 Å². The molecule has 1 aliphatic rings. The van der Waals surface area contributed by atoms with Gasteiger partial charge in [-0.1, -0.05) is 6.07 Å². The van der Waals surface area contributed by atoms with Gasteiger partial charge in [-0.2, -0.15) is 0 Å². The number of hydrogen-bond acceptors (Lipinski definition) is 11. The number of fused-ring (bicyclic) bond motifs is 1. The van der Waals surface area contributed by atoms with Crippen molar-refractivity contribution in [3.05, 3.63) is 69.3 Å². The van der Waals surface area contributed by atoms with Crippen LogP contribution in [0.3, 0.4) is 0 Å². The molecule has 14 heteroatoms. The number of hydrogen-bond donors (Lipinski definition) is 0. The van der Waals surface area contributed by atoms with E-state index in [1.54, 1.807) is 0 Å². The number of ether oxygens (including phenoxy) is 2. The average molecular weight is 532 g/mol. The molecule has 0 radical (unpaired) electrons. The summed E-state index contributed by atoms with van der Waals surface area (Å²) in [4.78, 5) is 73.3. The fourth-order valence-corrected chi connectivity index (χ4v) is 4.24. The van der Waals surface area contributed by atoms with Crippen LogP contribution in [-0.2, 0) is 24.2 Å². The number of carbonyl (C=O) groups excluding carboxylic acids is 5. The van der Waals surface area contributed by atoms with E-state index in [1.807, 2.05) is 0 Å². The van der Waals surface area contributed by atoms with Crippen LogP contribution in [0, 0.1) is 10.1 Å². The molecule has 0 N–H and O–H groups in total. The minimum Gasteiger partial charge on any atom is -0.456 e. The molecule has 1 heterocycles. The summed E-state index contributed by atoms with van der Waals surface area (Å²) in [5.74, 6) is -5.11. The van der Waals surface area contributed by atoms with Crippen LogP contribution in [0.15, 0.2) is 42.5 Å². The first kappa shape index (κ1) is 27.1. The highest BCUT2D eigenvalue weighted by Gasteiger charge is 2.47. The van der Waals surface area contributed by atoms with Gasteiger partial charge in [-0.25, -0.2) is 13.2 Å². The number of nitrogens with zero attached hydrogens (tertiary/aromatic N) is 2. The Kier molecular flexibility index (Phi) is 7.81. The minimum absolute atomic E-state index is 0.0905. The number of esters is 2. The number of carbonyl (C=O) groups is 5. The first-order valence-electron chi connectivity index (χ1n) is 10.6. The van der Waals surface area contributed by atoms with Gasteiger partial charge in [0, 0.05) is 24.8 Å². The van der Waals surface area contributed by atoms with Gasteiger partial charge in [0.05, 0.1) is 16.2 Å². The van der Waals surface area contributed by atoms with Crippen LogP contribution in [0.4, 0.5) is 5.69 Å². The van der Waals surface area contributed by atoms with Crippen LogP contribution < -0.4 is 4.74 Å². The van der Waals surface area contributed by atoms with Crippen molar-refractivity contribution in [2.75, 3.05) is 18.6 Å². The van der Waals surface area contributed by atoms with Crippen molar-refractivity contribution >= 4 is 45.1 Å². The third-order valence-electron chi connectivity index (χ3n) is 5.25. The lowest BCUT2D eigenvalue weighted by atomic mass is 10.1. The molecule has 2 amide bonds. The fourth-order valence-electron chi connectivity index (χ4n) is 3.59. The molecule has 0 unspecified atom stereocenters. The topological polar surface area (TPSA) is 184 Å². The van der Waals surface area contributed by atoms with Crippen LogP contribution in [0.5, 0.6) is 5.75 Å². The van der Waals surface area contributed by atoms with E-state index >= 15 is 0 Å². The molecule has 2 aromatic rings. The van der Waals surface area contributed by atoms with Gasteiger partial charge >= 0.3 is 11.9 Å². The van der Waals surface area contributed by atoms with Crippen molar-refractivity contribution in [2.24, 2.45) is 0 Å². The van der Waals surface area contributed by atoms with Gasteiger partial charge in [0.25, 0.3) is 17.5 Å². The van der Waals surface area contributed by atoms with E-state index in [2.05, 4.69) is 0 Å². The molecule has 37 heavy (non-hydrogen) atoms. The molecule has 0 saturated carbocycles. The Morgan fingerprint density at radius 2 is 1.70 bits per heavy atom. The second kappa shape index (κ2) is 10.7. The van der Waals surface area contributed by atoms with Gasteiger partial charge in [0.2, 0.25) is 0 Å². The summed E-state index contributed by atoms with van der Waals surface area (Å²) < 4.78 is 33.3. The summed E-state index contributed by atoms with van der Waals surface area (Å²) in [6, 6.07) is 6.95. The Morgan fingerprint density at radius 1 is 1.05 bits per heavy atom. The third kappa shape index (κ3) is 6.22. The summed E-state index contributed by atoms with van der Waals surface area (Å²) in [6.45, 7) is 0.385. The van der Waals surface area contributed by atoms with Gasteiger partial charge in [-0.3, -0.25) is 34.2 Å². The van der Waals surface area contributed by atoms with Crippen molar-refractivity contribution < 1.29 is 46.8 Å². The molecule has 1 aliphatic heterocycles. The smallest absolute Gasteiger partial charge is 0.329 e. The third-order valence-corrected chi connectivity index (χ3v) is 6.23. The normalized spacial score (nSPS) is 13.6. The average Bonchev–Trinajstić information content (AvgIpc) is 3.07. The Balaban J connectivity index is 1.82. The molecule has 0 bridgehead atoms. The molecule has 13 nitrogen and oxygen atoms in total. The van der Waals surface area contributed by atoms with E-state index in [1.165, 1.54) is 43.3 Å². The highest BCUT2D eigenvalue weighted by Crippen LogP contribution is 2.33. The van der Waals surface area contributed by atoms with Crippen molar-refractivity contribution in [1.82, 2.24) is 4.90 Å². The van der Waals surface area contributed by atoms with E-state index in [4.69, 9.17) is 9.47 Å². The number of Topliss-reactive ketones (excluding diaryl/α,β-unsaturated/α-hetero) is 1. The molecule has 0 aromatic heterocycles. The van der Waals surface area contributed by atoms with Gasteiger partial charge in [-0.15, -0.1) is 0 Å². The van der Waals surface area contributed by atoms with Gasteiger partial charge in [-0.05, 0) is 36.8 Å². The second-order valence-electron chi connectivity index (χ2n) is 8.02. The number of rotatable bonds is 10. The summed E-state index contributed by atoms with van der Waals surface area (Å²) in [5, 5.41) is 11.4. The number of ketones is 1. The number of nitro groups is 1. The van der Waals surface area contributed by atoms with E-state index in [-0.39, 0.29) is 16.9 Å². The maximum Gasteiger partial charge on any atom is 0.329 e. The SMILES string of the molecule is CC(=O)Oc1ccc(C(=O)COC(=O)[C@@H](CCS(C)(=O)=O)N2C(=O)c3cccc([N+](=O)[O-])c3C2=O)cc1. The lowest BCUT2D eigenvalue weighted by Gasteiger charge is -2.24. The molecule has 0 saturated heterocycles. The van der Waals surface area contributed by atoms with E-state index in [0.717, 1.165) is 12.3 Å². The Labute approximate surface area is 210 Å². The predicted octanol–water partition coefficient (Wildman–Crippen LogP) is 1.35. The van der Waals surface area contributed by atoms with Crippen LogP contribution in [0.2, 0.25) is 0 Å². The summed E-state index contributed by atoms with van der Waals surface area (Å²) >= 11 is 0. The van der Waals surface area contributed by atoms with Crippen LogP contribution >= 0.6 is 0 Å². The molecule has 0 aliphatic carbocycles. The predicted molar refractivity (Wildman–Crippen MR) is 125 cm³/mol. The molecule has 0 spiro atoms. The molecular weight excluding hydrogens is 512 g/mol. The zero-order valence-corrected chi connectivity index (χ0v) is 20.4. The summed E-state index contributed by atoms with van der Waals surface area (Å²) in [5.41, 5.74) is -1.41. The summed E-state index contributed by atoms with van der Waals surface area (Å²) in [7, 11) is -3.66. The number of sulfone groups is 1. The monoisotopic (exact) mass is 532 g/mol. The number of benzene rings is 2.